The Hall–Kier alpha value is -3.60. The van der Waals surface area contributed by atoms with Crippen LogP contribution in [0.4, 0.5) is 18.0 Å². The smallest absolute Gasteiger partial charge is 0.416 e. The molecule has 1 heterocycles. The number of allylic oxidation sites excluding steroid dienone is 2. The summed E-state index contributed by atoms with van der Waals surface area (Å²) in [6.45, 7) is 11.4. The van der Waals surface area contributed by atoms with Crippen LogP contribution in [0.2, 0.25) is 5.02 Å². The van der Waals surface area contributed by atoms with Crippen molar-refractivity contribution >= 4 is 23.5 Å². The van der Waals surface area contributed by atoms with Crippen LogP contribution in [-0.4, -0.2) is 58.4 Å². The number of carbonyl (C=O) groups is 2. The van der Waals surface area contributed by atoms with Gasteiger partial charge in [0.15, 0.2) is 5.76 Å². The summed E-state index contributed by atoms with van der Waals surface area (Å²) in [5.41, 5.74) is 0.176. The van der Waals surface area contributed by atoms with Crippen LogP contribution in [0.5, 0.6) is 0 Å². The average molecular weight is 824 g/mol. The fourth-order valence-electron chi connectivity index (χ4n) is 11.0. The minimum Gasteiger partial charge on any atom is -0.453 e. The second kappa shape index (κ2) is 16.1. The number of halogens is 4. The van der Waals surface area contributed by atoms with Gasteiger partial charge in [0.25, 0.3) is 0 Å². The van der Waals surface area contributed by atoms with Crippen LogP contribution in [0, 0.1) is 28.6 Å². The van der Waals surface area contributed by atoms with Gasteiger partial charge in [-0.05, 0) is 155 Å². The van der Waals surface area contributed by atoms with Gasteiger partial charge < -0.3 is 24.3 Å². The van der Waals surface area contributed by atoms with Gasteiger partial charge in [0.2, 0.25) is 5.78 Å². The molecule has 11 heteroatoms. The molecule has 4 bridgehead atoms. The van der Waals surface area contributed by atoms with Crippen molar-refractivity contribution < 1.29 is 42.1 Å². The van der Waals surface area contributed by atoms with Crippen molar-refractivity contribution in [3.63, 3.8) is 0 Å². The lowest BCUT2D eigenvalue weighted by atomic mass is 9.45. The largest absolute Gasteiger partial charge is 0.453 e. The van der Waals surface area contributed by atoms with Crippen molar-refractivity contribution in [2.24, 2.45) is 28.6 Å². The van der Waals surface area contributed by atoms with Gasteiger partial charge in [-0.2, -0.15) is 13.2 Å². The van der Waals surface area contributed by atoms with Gasteiger partial charge >= 0.3 is 12.3 Å². The molecule has 0 radical (unpaired) electrons. The van der Waals surface area contributed by atoms with Gasteiger partial charge in [-0.15, -0.1) is 0 Å². The Morgan fingerprint density at radius 2 is 1.79 bits per heavy atom. The quantitative estimate of drug-likeness (QED) is 0.173. The lowest BCUT2D eigenvalue weighted by Gasteiger charge is -2.60. The molecule has 7 atom stereocenters. The molecule has 58 heavy (non-hydrogen) atoms. The van der Waals surface area contributed by atoms with Crippen LogP contribution in [0.15, 0.2) is 64.6 Å². The first-order chi connectivity index (χ1) is 27.3. The van der Waals surface area contributed by atoms with E-state index in [1.165, 1.54) is 12.1 Å². The zero-order valence-electron chi connectivity index (χ0n) is 34.3. The molecule has 1 amide bonds. The summed E-state index contributed by atoms with van der Waals surface area (Å²) in [4.78, 5) is 30.2. The predicted octanol–water partition coefficient (Wildman–Crippen LogP) is 11.4. The maximum Gasteiger partial charge on any atom is 0.416 e. The highest BCUT2D eigenvalue weighted by atomic mass is 35.5. The summed E-state index contributed by atoms with van der Waals surface area (Å²) in [6.07, 6.45) is 3.54. The van der Waals surface area contributed by atoms with E-state index in [9.17, 15) is 33.0 Å². The molecule has 0 saturated heterocycles. The van der Waals surface area contributed by atoms with E-state index < -0.39 is 40.7 Å². The average Bonchev–Trinajstić information content (AvgIpc) is 3.75. The summed E-state index contributed by atoms with van der Waals surface area (Å²) < 4.78 is 52.6. The second-order valence-corrected chi connectivity index (χ2v) is 18.8. The van der Waals surface area contributed by atoms with Crippen molar-refractivity contribution in [2.45, 2.75) is 123 Å². The number of aliphatic hydroxyl groups excluding tert-OH is 1. The summed E-state index contributed by atoms with van der Waals surface area (Å²) in [7, 11) is 0. The van der Waals surface area contributed by atoms with Gasteiger partial charge in [-0.3, -0.25) is 4.79 Å². The number of hydrogen-bond acceptors (Lipinski definition) is 6. The first-order valence-corrected chi connectivity index (χ1v) is 21.3. The number of carbonyl (C=O) groups excluding carboxylic acids is 2. The molecular weight excluding hydrogens is 767 g/mol. The minimum absolute atomic E-state index is 0.0129. The van der Waals surface area contributed by atoms with E-state index in [4.69, 9.17) is 20.8 Å². The van der Waals surface area contributed by atoms with Crippen LogP contribution in [0.25, 0.3) is 11.3 Å². The Kier molecular flexibility index (Phi) is 11.8. The normalized spacial score (nSPS) is 29.5. The Morgan fingerprint density at radius 3 is 2.50 bits per heavy atom. The number of amides is 1. The molecule has 2 N–H and O–H groups in total. The zero-order valence-corrected chi connectivity index (χ0v) is 35.0. The van der Waals surface area contributed by atoms with Gasteiger partial charge in [-0.25, -0.2) is 4.79 Å². The van der Waals surface area contributed by atoms with Crippen molar-refractivity contribution in [3.05, 3.63) is 93.2 Å². The Morgan fingerprint density at radius 1 is 1.02 bits per heavy atom. The Balaban J connectivity index is 1.27. The number of fused-ring (bicyclic) bond motifs is 10. The van der Waals surface area contributed by atoms with E-state index >= 15 is 0 Å². The van der Waals surface area contributed by atoms with Crippen LogP contribution in [0.1, 0.15) is 131 Å². The second-order valence-electron chi connectivity index (χ2n) is 18.4. The molecule has 6 aliphatic carbocycles. The van der Waals surface area contributed by atoms with Gasteiger partial charge in [0, 0.05) is 23.1 Å². The number of ether oxygens (including phenoxy) is 1. The number of ketones is 1. The SMILES string of the molecule is CCOC(=O)N(CC1CCC2CC1C2(C)C)CC1(O)CCC2c3ccc(cc3C(=O)c3ccc(-c4cc(C(F)(F)F)ccc4Cl)o3)CC(O)CCC(C)=CCCC21C. The van der Waals surface area contributed by atoms with E-state index in [1.807, 2.05) is 12.1 Å². The molecule has 7 unspecified atom stereocenters. The molecule has 4 saturated carbocycles. The number of nitrogens with zero attached hydrogens (tertiary/aromatic N) is 1. The first kappa shape index (κ1) is 42.5. The third-order valence-electron chi connectivity index (χ3n) is 14.7. The first-order valence-electron chi connectivity index (χ1n) is 21.0. The van der Waals surface area contributed by atoms with Crippen LogP contribution in [0.3, 0.4) is 0 Å². The topological polar surface area (TPSA) is 100 Å². The fraction of sp³-hybridized carbons (Fsp3) is 0.574. The molecule has 2 aromatic carbocycles. The van der Waals surface area contributed by atoms with Crippen molar-refractivity contribution in [3.8, 4) is 11.3 Å². The highest BCUT2D eigenvalue weighted by Crippen LogP contribution is 2.62. The summed E-state index contributed by atoms with van der Waals surface area (Å²) in [5.74, 6) is 0.697. The number of furan rings is 1. The van der Waals surface area contributed by atoms with Gasteiger partial charge in [-0.1, -0.05) is 56.2 Å². The van der Waals surface area contributed by atoms with Crippen LogP contribution < -0.4 is 0 Å². The van der Waals surface area contributed by atoms with Crippen molar-refractivity contribution in [2.75, 3.05) is 19.7 Å². The fourth-order valence-corrected chi connectivity index (χ4v) is 11.2. The lowest BCUT2D eigenvalue weighted by molar-refractivity contribution is -0.137. The Labute approximate surface area is 345 Å². The molecule has 3 aromatic rings. The third kappa shape index (κ3) is 8.02. The number of alkyl halides is 3. The van der Waals surface area contributed by atoms with Crippen molar-refractivity contribution in [1.82, 2.24) is 4.90 Å². The van der Waals surface area contributed by atoms with Gasteiger partial charge in [0.1, 0.15) is 5.76 Å². The minimum atomic E-state index is -4.60. The zero-order chi connectivity index (χ0) is 41.8. The van der Waals surface area contributed by atoms with Crippen LogP contribution in [-0.2, 0) is 17.3 Å². The summed E-state index contributed by atoms with van der Waals surface area (Å²) in [5, 5.41) is 24.2. The highest BCUT2D eigenvalue weighted by Gasteiger charge is 2.59. The highest BCUT2D eigenvalue weighted by molar-refractivity contribution is 6.33. The number of hydrogen-bond donors (Lipinski definition) is 2. The van der Waals surface area contributed by atoms with E-state index in [0.29, 0.717) is 80.4 Å². The molecule has 7 nitrogen and oxygen atoms in total. The number of rotatable bonds is 8. The molecule has 314 valence electrons. The molecule has 6 aliphatic rings. The predicted molar refractivity (Wildman–Crippen MR) is 218 cm³/mol. The molecule has 4 fully saturated rings. The monoisotopic (exact) mass is 823 g/mol. The maximum absolute atomic E-state index is 14.7. The molecular formula is C47H57ClF3NO6. The summed E-state index contributed by atoms with van der Waals surface area (Å²) in [6, 6.07) is 11.5. The maximum atomic E-state index is 14.7. The molecule has 1 aromatic heterocycles. The third-order valence-corrected chi connectivity index (χ3v) is 15.1. The van der Waals surface area contributed by atoms with E-state index in [1.54, 1.807) is 17.9 Å². The summed E-state index contributed by atoms with van der Waals surface area (Å²) >= 11 is 6.35. The van der Waals surface area contributed by atoms with Crippen molar-refractivity contribution in [1.29, 1.82) is 0 Å². The molecule has 9 rings (SSSR count). The van der Waals surface area contributed by atoms with Crippen LogP contribution >= 0.6 is 11.6 Å². The number of aliphatic hydroxyl groups is 2. The Bertz CT molecular complexity index is 2050. The molecule has 0 aliphatic heterocycles. The van der Waals surface area contributed by atoms with E-state index in [-0.39, 0.29) is 46.6 Å². The standard InChI is InChI=1S/C47H57ClF3NO6/c1-6-57-43(55)52(26-30-11-12-31-25-38(30)44(31,3)4)27-46(56)21-19-37-34-15-10-29(22-33(53)14-9-28(2)8-7-20-45(37,46)5)23-35(34)42(54)41-18-17-40(58-41)36-24-32(47(49,50)51)13-16-39(36)48/h8,10,13,15-18,23-24,30-31,33,37-38,53,56H,6-7,9,11-12,14,19-22,25-27H2,1-5H3. The molecule has 0 spiro atoms. The lowest BCUT2D eigenvalue weighted by Crippen LogP contribution is -2.58. The van der Waals surface area contributed by atoms with E-state index in [2.05, 4.69) is 33.8 Å². The number of benzene rings is 2. The van der Waals surface area contributed by atoms with Gasteiger partial charge in [0.05, 0.1) is 35.4 Å². The van der Waals surface area contributed by atoms with E-state index in [0.717, 1.165) is 48.6 Å².